The van der Waals surface area contributed by atoms with Crippen molar-refractivity contribution in [3.63, 3.8) is 0 Å². The van der Waals surface area contributed by atoms with Gasteiger partial charge in [0.15, 0.2) is 6.23 Å². The van der Waals surface area contributed by atoms with Crippen molar-refractivity contribution in [3.05, 3.63) is 23.7 Å². The number of ether oxygens (including phenoxy) is 2. The van der Waals surface area contributed by atoms with Crippen molar-refractivity contribution in [2.45, 2.75) is 82.7 Å². The molecule has 11 heteroatoms. The van der Waals surface area contributed by atoms with Gasteiger partial charge in [0.2, 0.25) is 0 Å². The van der Waals surface area contributed by atoms with Gasteiger partial charge in [-0.2, -0.15) is 0 Å². The second-order valence-corrected chi connectivity index (χ2v) is 17.2. The number of hydrogen-bond acceptors (Lipinski definition) is 7. The molecule has 0 bridgehead atoms. The van der Waals surface area contributed by atoms with Crippen LogP contribution < -0.4 is 0 Å². The van der Waals surface area contributed by atoms with Crippen LogP contribution in [0.15, 0.2) is 18.6 Å². The third-order valence-corrected chi connectivity index (χ3v) is 14.7. The van der Waals surface area contributed by atoms with E-state index in [0.29, 0.717) is 28.5 Å². The summed E-state index contributed by atoms with van der Waals surface area (Å²) in [4.78, 5) is 8.51. The van der Waals surface area contributed by atoms with Crippen LogP contribution in [-0.2, 0) is 22.4 Å². The second-order valence-electron chi connectivity index (χ2n) is 9.56. The summed E-state index contributed by atoms with van der Waals surface area (Å²) < 4.78 is 34.7. The molecule has 2 aliphatic heterocycles. The van der Waals surface area contributed by atoms with Gasteiger partial charge in [-0.3, -0.25) is 0 Å². The normalized spacial score (nSPS) is 30.8. The summed E-state index contributed by atoms with van der Waals surface area (Å²) in [5, 5.41) is 1.19. The van der Waals surface area contributed by atoms with E-state index in [4.69, 9.17) is 34.0 Å². The van der Waals surface area contributed by atoms with Crippen molar-refractivity contribution >= 4 is 40.5 Å². The van der Waals surface area contributed by atoms with Crippen molar-refractivity contribution < 1.29 is 22.4 Å². The molecule has 2 aromatic heterocycles. The van der Waals surface area contributed by atoms with E-state index in [-0.39, 0.29) is 23.9 Å². The monoisotopic (exact) mass is 499 g/mol. The van der Waals surface area contributed by atoms with Gasteiger partial charge >= 0.3 is 17.8 Å². The molecule has 0 amide bonds. The Balaban J connectivity index is 1.70. The molecule has 0 N–H and O–H groups in total. The lowest BCUT2D eigenvalue weighted by Crippen LogP contribution is -2.58. The van der Waals surface area contributed by atoms with Crippen LogP contribution in [0.5, 0.6) is 0 Å². The highest BCUT2D eigenvalue weighted by Gasteiger charge is 2.55. The zero-order valence-corrected chi connectivity index (χ0v) is 22.7. The Hall–Kier alpha value is -0.856. The number of halogens is 1. The lowest BCUT2D eigenvalue weighted by atomic mass is 10.1. The number of methoxy groups -OCH3 is 1. The quantitative estimate of drug-likeness (QED) is 0.447. The Bertz CT molecular complexity index is 935. The van der Waals surface area contributed by atoms with E-state index in [1.54, 1.807) is 7.11 Å². The van der Waals surface area contributed by atoms with Crippen molar-refractivity contribution in [3.8, 4) is 0 Å². The lowest BCUT2D eigenvalue weighted by molar-refractivity contribution is -0.0592. The van der Waals surface area contributed by atoms with Crippen molar-refractivity contribution in [1.82, 2.24) is 14.5 Å². The molecule has 8 nitrogen and oxygen atoms in total. The molecule has 2 aromatic rings. The predicted molar refractivity (Wildman–Crippen MR) is 127 cm³/mol. The Morgan fingerprint density at radius 1 is 1.19 bits per heavy atom. The topological polar surface area (TPSA) is 76.9 Å². The maximum atomic E-state index is 6.85. The van der Waals surface area contributed by atoms with Gasteiger partial charge in [-0.15, -0.1) is 0 Å². The summed E-state index contributed by atoms with van der Waals surface area (Å²) >= 11 is 6.27. The van der Waals surface area contributed by atoms with Crippen LogP contribution >= 0.6 is 11.6 Å². The van der Waals surface area contributed by atoms with E-state index >= 15 is 0 Å². The summed E-state index contributed by atoms with van der Waals surface area (Å²) in [5.41, 5.74) is 1.60. The minimum Gasteiger partial charge on any atom is -0.416 e. The van der Waals surface area contributed by atoms with Crippen LogP contribution in [0.2, 0.25) is 21.8 Å². The van der Waals surface area contributed by atoms with Gasteiger partial charge < -0.3 is 27.0 Å². The zero-order chi connectivity index (χ0) is 23.2. The number of aromatic nitrogens is 3. The molecule has 0 radical (unpaired) electrons. The fourth-order valence-electron chi connectivity index (χ4n) is 4.80. The molecule has 0 aliphatic carbocycles. The van der Waals surface area contributed by atoms with E-state index in [1.807, 2.05) is 16.8 Å². The fraction of sp³-hybridized carbons (Fsp3) is 0.714. The van der Waals surface area contributed by atoms with Crippen LogP contribution in [0.25, 0.3) is 11.0 Å². The lowest BCUT2D eigenvalue weighted by Gasteiger charge is -2.44. The molecule has 5 atom stereocenters. The second kappa shape index (κ2) is 9.42. The first kappa shape index (κ1) is 24.3. The summed E-state index contributed by atoms with van der Waals surface area (Å²) in [6, 6.07) is 1.90. The number of fused-ring (bicyclic) bond motifs is 2. The van der Waals surface area contributed by atoms with E-state index < -0.39 is 24.1 Å². The molecule has 178 valence electrons. The van der Waals surface area contributed by atoms with Crippen molar-refractivity contribution in [2.24, 2.45) is 0 Å². The van der Waals surface area contributed by atoms with Crippen LogP contribution in [0, 0.1) is 0 Å². The van der Waals surface area contributed by atoms with Gasteiger partial charge in [0.05, 0.1) is 12.0 Å². The molecule has 2 saturated heterocycles. The minimum atomic E-state index is -2.51. The van der Waals surface area contributed by atoms with Gasteiger partial charge in [0, 0.05) is 13.3 Å². The van der Waals surface area contributed by atoms with E-state index in [0.717, 1.165) is 5.39 Å². The highest BCUT2D eigenvalue weighted by Crippen LogP contribution is 2.43. The largest absolute Gasteiger partial charge is 0.416 e. The highest BCUT2D eigenvalue weighted by atomic mass is 35.5. The summed E-state index contributed by atoms with van der Waals surface area (Å²) in [6.45, 7) is 13.5. The van der Waals surface area contributed by atoms with Crippen LogP contribution in [0.4, 0.5) is 0 Å². The molecule has 0 spiro atoms. The van der Waals surface area contributed by atoms with Crippen molar-refractivity contribution in [1.29, 1.82) is 0 Å². The maximum Gasteiger partial charge on any atom is 0.334 e. The van der Waals surface area contributed by atoms with Gasteiger partial charge in [0.25, 0.3) is 0 Å². The Kier molecular flexibility index (Phi) is 7.14. The first-order valence-corrected chi connectivity index (χ1v) is 15.3. The predicted octanol–water partition coefficient (Wildman–Crippen LogP) is 4.32. The molecule has 0 aromatic carbocycles. The summed E-state index contributed by atoms with van der Waals surface area (Å²) in [5.74, 6) is 0. The average Bonchev–Trinajstić information content (AvgIpc) is 3.29. The first-order chi connectivity index (χ1) is 15.2. The van der Waals surface area contributed by atoms with E-state index in [2.05, 4.69) is 51.5 Å². The Morgan fingerprint density at radius 3 is 2.53 bits per heavy atom. The number of nitrogens with zero attached hydrogens (tertiary/aromatic N) is 3. The number of rotatable bonds is 5. The molecule has 1 unspecified atom stereocenters. The molecule has 4 heterocycles. The summed E-state index contributed by atoms with van der Waals surface area (Å²) in [6.07, 6.45) is 2.07. The highest BCUT2D eigenvalue weighted by molar-refractivity contribution is 6.76. The van der Waals surface area contributed by atoms with Crippen LogP contribution in [0.1, 0.15) is 47.8 Å². The summed E-state index contributed by atoms with van der Waals surface area (Å²) in [7, 11) is -2.90. The minimum absolute atomic E-state index is 0.262. The van der Waals surface area contributed by atoms with Gasteiger partial charge in [-0.05, 0) is 22.7 Å². The Labute approximate surface area is 197 Å². The third-order valence-electron chi connectivity index (χ3n) is 6.51. The Morgan fingerprint density at radius 2 is 1.91 bits per heavy atom. The maximum absolute atomic E-state index is 6.85. The van der Waals surface area contributed by atoms with Gasteiger partial charge in [0.1, 0.15) is 35.4 Å². The fourth-order valence-corrected chi connectivity index (χ4v) is 13.6. The van der Waals surface area contributed by atoms with Crippen LogP contribution in [0.3, 0.4) is 0 Å². The molecule has 2 fully saturated rings. The SMILES string of the molecule is CO[C@@H]1[C@@H]2O[SiH](C(C)C)O[Si](C(C)C)(C(C)C)OC[C@H]2O[C@H]1n1ccc2c(Cl)ncnc21. The number of hydrogen-bond donors (Lipinski definition) is 0. The molecule has 4 rings (SSSR count). The van der Waals surface area contributed by atoms with E-state index in [1.165, 1.54) is 6.33 Å². The smallest absolute Gasteiger partial charge is 0.334 e. The molecule has 2 aliphatic rings. The molecule has 32 heavy (non-hydrogen) atoms. The third kappa shape index (κ3) is 4.09. The zero-order valence-electron chi connectivity index (χ0n) is 19.8. The first-order valence-electron chi connectivity index (χ1n) is 11.3. The standard InChI is InChI=1S/C21H34ClN3O5Si2/c1-12(2)31-29-17-16(10-27-32(30-31,13(3)4)14(5)6)28-21(18(17)26-7)25-9-8-15-19(22)23-11-24-20(15)25/h8-9,11-14,16-18,21,31H,10H2,1-7H3/t16-,17-,18-,21-,31?/m1/s1. The van der Waals surface area contributed by atoms with Gasteiger partial charge in [-0.1, -0.05) is 53.1 Å². The van der Waals surface area contributed by atoms with Crippen LogP contribution in [-0.4, -0.2) is 64.4 Å². The van der Waals surface area contributed by atoms with Gasteiger partial charge in [-0.25, -0.2) is 9.97 Å². The van der Waals surface area contributed by atoms with Crippen molar-refractivity contribution in [2.75, 3.05) is 13.7 Å². The molecule has 0 saturated carbocycles. The average molecular weight is 500 g/mol. The molecular weight excluding hydrogens is 466 g/mol. The van der Waals surface area contributed by atoms with E-state index in [9.17, 15) is 0 Å². The molecular formula is C21H34ClN3O5Si2.